The minimum atomic E-state index is -1.02. The van der Waals surface area contributed by atoms with Gasteiger partial charge in [-0.2, -0.15) is 0 Å². The molecule has 1 aliphatic heterocycles. The van der Waals surface area contributed by atoms with Crippen molar-refractivity contribution >= 4 is 12.1 Å². The number of hydrogen-bond acceptors (Lipinski definition) is 5. The molecule has 0 saturated carbocycles. The summed E-state index contributed by atoms with van der Waals surface area (Å²) in [5.41, 5.74) is 0.0136. The summed E-state index contributed by atoms with van der Waals surface area (Å²) < 4.78 is 10.5. The van der Waals surface area contributed by atoms with Crippen molar-refractivity contribution in [1.82, 2.24) is 10.1 Å². The Labute approximate surface area is 129 Å². The average Bonchev–Trinajstić information content (AvgIpc) is 2.79. The highest BCUT2D eigenvalue weighted by molar-refractivity contribution is 5.90. The number of likely N-dealkylation sites (tertiary alicyclic amines) is 1. The van der Waals surface area contributed by atoms with Crippen LogP contribution in [0.4, 0.5) is 4.79 Å². The highest BCUT2D eigenvalue weighted by Crippen LogP contribution is 2.32. The van der Waals surface area contributed by atoms with Crippen LogP contribution in [0.5, 0.6) is 0 Å². The summed E-state index contributed by atoms with van der Waals surface area (Å²) in [5, 5.41) is 13.0. The summed E-state index contributed by atoms with van der Waals surface area (Å²) in [4.78, 5) is 24.9. The topological polar surface area (TPSA) is 92.9 Å². The molecule has 0 spiro atoms. The lowest BCUT2D eigenvalue weighted by molar-refractivity contribution is 0.0198. The molecule has 0 atom stereocenters. The molecule has 122 valence electrons. The van der Waals surface area contributed by atoms with E-state index >= 15 is 0 Å². The Morgan fingerprint density at radius 1 is 1.32 bits per heavy atom. The molecule has 1 amide bonds. The van der Waals surface area contributed by atoms with E-state index in [0.29, 0.717) is 37.4 Å². The third-order valence-electron chi connectivity index (χ3n) is 3.62. The van der Waals surface area contributed by atoms with Crippen molar-refractivity contribution in [2.24, 2.45) is 0 Å². The molecule has 0 aliphatic carbocycles. The zero-order chi connectivity index (χ0) is 16.5. The summed E-state index contributed by atoms with van der Waals surface area (Å²) in [7, 11) is 0. The highest BCUT2D eigenvalue weighted by Gasteiger charge is 2.32. The number of piperidine rings is 1. The van der Waals surface area contributed by atoms with Crippen molar-refractivity contribution in [2.75, 3.05) is 13.1 Å². The minimum absolute atomic E-state index is 0.0361. The molecule has 1 aromatic rings. The number of carbonyl (C=O) groups is 2. The molecule has 22 heavy (non-hydrogen) atoms. The predicted molar refractivity (Wildman–Crippen MR) is 78.0 cm³/mol. The lowest BCUT2D eigenvalue weighted by Crippen LogP contribution is -2.41. The molecular formula is C15H22N2O5. The number of aryl methyl sites for hydroxylation is 1. The van der Waals surface area contributed by atoms with Crippen molar-refractivity contribution in [3.8, 4) is 0 Å². The van der Waals surface area contributed by atoms with Crippen LogP contribution in [0.1, 0.15) is 61.3 Å². The van der Waals surface area contributed by atoms with Crippen LogP contribution >= 0.6 is 0 Å². The Hall–Kier alpha value is -2.05. The third-order valence-corrected chi connectivity index (χ3v) is 3.62. The van der Waals surface area contributed by atoms with Crippen molar-refractivity contribution < 1.29 is 24.0 Å². The number of aromatic nitrogens is 1. The molecular weight excluding hydrogens is 288 g/mol. The van der Waals surface area contributed by atoms with Crippen molar-refractivity contribution in [2.45, 2.75) is 52.1 Å². The molecule has 1 N–H and O–H groups in total. The standard InChI is InChI=1S/C15H22N2O5/c1-9-11(13(18)19)12(22-16-9)10-5-7-17(8-6-10)14(20)21-15(2,3)4/h10H,5-8H2,1-4H3,(H,18,19). The number of ether oxygens (including phenoxy) is 1. The summed E-state index contributed by atoms with van der Waals surface area (Å²) >= 11 is 0. The van der Waals surface area contributed by atoms with E-state index in [4.69, 9.17) is 9.26 Å². The Balaban J connectivity index is 2.01. The second-order valence-corrected chi connectivity index (χ2v) is 6.55. The number of carboxylic acid groups (broad SMARTS) is 1. The van der Waals surface area contributed by atoms with E-state index in [1.165, 1.54) is 0 Å². The van der Waals surface area contributed by atoms with Gasteiger partial charge in [-0.3, -0.25) is 0 Å². The average molecular weight is 310 g/mol. The summed E-state index contributed by atoms with van der Waals surface area (Å²) in [6.07, 6.45) is 0.931. The Morgan fingerprint density at radius 2 is 1.91 bits per heavy atom. The van der Waals surface area contributed by atoms with Crippen molar-refractivity contribution in [3.63, 3.8) is 0 Å². The molecule has 1 aliphatic rings. The van der Waals surface area contributed by atoms with Crippen LogP contribution < -0.4 is 0 Å². The number of hydrogen-bond donors (Lipinski definition) is 1. The molecule has 2 heterocycles. The fourth-order valence-electron chi connectivity index (χ4n) is 2.58. The Kier molecular flexibility index (Phi) is 4.44. The van der Waals surface area contributed by atoms with Gasteiger partial charge >= 0.3 is 12.1 Å². The van der Waals surface area contributed by atoms with Gasteiger partial charge in [0.1, 0.15) is 11.2 Å². The number of aromatic carboxylic acids is 1. The molecule has 7 heteroatoms. The maximum Gasteiger partial charge on any atom is 0.410 e. The smallest absolute Gasteiger partial charge is 0.410 e. The maximum atomic E-state index is 12.0. The lowest BCUT2D eigenvalue weighted by Gasteiger charge is -2.32. The highest BCUT2D eigenvalue weighted by atomic mass is 16.6. The zero-order valence-corrected chi connectivity index (χ0v) is 13.4. The molecule has 0 bridgehead atoms. The molecule has 1 fully saturated rings. The van der Waals surface area contributed by atoms with Gasteiger partial charge in [0.2, 0.25) is 0 Å². The molecule has 2 rings (SSSR count). The van der Waals surface area contributed by atoms with Crippen LogP contribution in [-0.2, 0) is 4.74 Å². The maximum absolute atomic E-state index is 12.0. The summed E-state index contributed by atoms with van der Waals surface area (Å²) in [6.45, 7) is 8.12. The number of nitrogens with zero attached hydrogens (tertiary/aromatic N) is 2. The van der Waals surface area contributed by atoms with Crippen LogP contribution in [0.25, 0.3) is 0 Å². The Bertz CT molecular complexity index is 565. The summed E-state index contributed by atoms with van der Waals surface area (Å²) in [5.74, 6) is -0.650. The molecule has 0 aromatic carbocycles. The largest absolute Gasteiger partial charge is 0.477 e. The van der Waals surface area contributed by atoms with Gasteiger partial charge < -0.3 is 19.3 Å². The Morgan fingerprint density at radius 3 is 2.41 bits per heavy atom. The van der Waals surface area contributed by atoms with Crippen molar-refractivity contribution in [3.05, 3.63) is 17.0 Å². The van der Waals surface area contributed by atoms with Crippen LogP contribution in [0.3, 0.4) is 0 Å². The number of carboxylic acids is 1. The van der Waals surface area contributed by atoms with E-state index in [2.05, 4.69) is 5.16 Å². The van der Waals surface area contributed by atoms with E-state index < -0.39 is 11.6 Å². The van der Waals surface area contributed by atoms with Gasteiger partial charge in [-0.25, -0.2) is 9.59 Å². The molecule has 7 nitrogen and oxygen atoms in total. The van der Waals surface area contributed by atoms with E-state index in [-0.39, 0.29) is 17.6 Å². The van der Waals surface area contributed by atoms with Gasteiger partial charge in [-0.15, -0.1) is 0 Å². The predicted octanol–water partition coefficient (Wildman–Crippen LogP) is 2.80. The van der Waals surface area contributed by atoms with Gasteiger partial charge in [0.05, 0.1) is 5.69 Å². The monoisotopic (exact) mass is 310 g/mol. The first kappa shape index (κ1) is 16.3. The minimum Gasteiger partial charge on any atom is -0.477 e. The third kappa shape index (κ3) is 3.58. The van der Waals surface area contributed by atoms with Gasteiger partial charge in [0.25, 0.3) is 0 Å². The van der Waals surface area contributed by atoms with Crippen LogP contribution in [0, 0.1) is 6.92 Å². The molecule has 1 saturated heterocycles. The first-order valence-corrected chi connectivity index (χ1v) is 7.36. The fourth-order valence-corrected chi connectivity index (χ4v) is 2.58. The molecule has 0 radical (unpaired) electrons. The van der Waals surface area contributed by atoms with Crippen LogP contribution in [0.15, 0.2) is 4.52 Å². The SMILES string of the molecule is Cc1noc(C2CCN(C(=O)OC(C)(C)C)CC2)c1C(=O)O. The van der Waals surface area contributed by atoms with Crippen LogP contribution in [-0.4, -0.2) is 45.9 Å². The zero-order valence-electron chi connectivity index (χ0n) is 13.4. The molecule has 1 aromatic heterocycles. The lowest BCUT2D eigenvalue weighted by atomic mass is 9.91. The summed E-state index contributed by atoms with van der Waals surface area (Å²) in [6, 6.07) is 0. The van der Waals surface area contributed by atoms with Gasteiger partial charge in [-0.1, -0.05) is 5.16 Å². The second kappa shape index (κ2) is 5.98. The van der Waals surface area contributed by atoms with Gasteiger partial charge in [0, 0.05) is 19.0 Å². The van der Waals surface area contributed by atoms with Crippen LogP contribution in [0.2, 0.25) is 0 Å². The first-order valence-electron chi connectivity index (χ1n) is 7.36. The molecule has 0 unspecified atom stereocenters. The van der Waals surface area contributed by atoms with E-state index in [9.17, 15) is 14.7 Å². The number of carbonyl (C=O) groups excluding carboxylic acids is 1. The second-order valence-electron chi connectivity index (χ2n) is 6.55. The number of amides is 1. The van der Waals surface area contributed by atoms with E-state index in [0.717, 1.165) is 0 Å². The van der Waals surface area contributed by atoms with E-state index in [1.807, 2.05) is 20.8 Å². The van der Waals surface area contributed by atoms with E-state index in [1.54, 1.807) is 11.8 Å². The number of rotatable bonds is 2. The normalized spacial score (nSPS) is 16.6. The quantitative estimate of drug-likeness (QED) is 0.903. The first-order chi connectivity index (χ1) is 10.2. The fraction of sp³-hybridized carbons (Fsp3) is 0.667. The van der Waals surface area contributed by atoms with Gasteiger partial charge in [-0.05, 0) is 40.5 Å². The van der Waals surface area contributed by atoms with Gasteiger partial charge in [0.15, 0.2) is 5.76 Å². The van der Waals surface area contributed by atoms with Crippen molar-refractivity contribution in [1.29, 1.82) is 0 Å².